The third-order valence-electron chi connectivity index (χ3n) is 2.37. The van der Waals surface area contributed by atoms with Gasteiger partial charge in [0.25, 0.3) is 5.91 Å². The molecule has 18 heavy (non-hydrogen) atoms. The number of hydrogen-bond donors (Lipinski definition) is 1. The Kier molecular flexibility index (Phi) is 4.65. The Labute approximate surface area is 104 Å². The van der Waals surface area contributed by atoms with Crippen LogP contribution in [-0.2, 0) is 9.53 Å². The Morgan fingerprint density at radius 2 is 2.00 bits per heavy atom. The van der Waals surface area contributed by atoms with Crippen molar-refractivity contribution in [2.24, 2.45) is 5.92 Å². The zero-order chi connectivity index (χ0) is 13.7. The molecule has 1 atom stereocenters. The number of rotatable bonds is 4. The van der Waals surface area contributed by atoms with Crippen LogP contribution in [0.15, 0.2) is 27.6 Å². The predicted molar refractivity (Wildman–Crippen MR) is 63.1 cm³/mol. The molecule has 0 aliphatic carbocycles. The number of carbonyl (C=O) groups is 2. The molecule has 1 N–H and O–H groups in total. The lowest BCUT2D eigenvalue weighted by atomic mass is 10.0. The summed E-state index contributed by atoms with van der Waals surface area (Å²) < 4.78 is 9.18. The Morgan fingerprint density at radius 3 is 2.44 bits per heavy atom. The summed E-state index contributed by atoms with van der Waals surface area (Å²) in [4.78, 5) is 34.0. The highest BCUT2D eigenvalue weighted by Gasteiger charge is 2.25. The van der Waals surface area contributed by atoms with Gasteiger partial charge < -0.3 is 14.5 Å². The number of methoxy groups -OCH3 is 1. The minimum atomic E-state index is -0.741. The van der Waals surface area contributed by atoms with Crippen LogP contribution in [0.1, 0.15) is 24.2 Å². The largest absolute Gasteiger partial charge is 0.467 e. The third-order valence-corrected chi connectivity index (χ3v) is 2.37. The first-order valence-electron chi connectivity index (χ1n) is 5.43. The first kappa shape index (κ1) is 14.0. The third kappa shape index (κ3) is 3.44. The fraction of sp³-hybridized carbons (Fsp3) is 0.417. The van der Waals surface area contributed by atoms with Crippen molar-refractivity contribution in [1.82, 2.24) is 5.32 Å². The van der Waals surface area contributed by atoms with Gasteiger partial charge in [-0.05, 0) is 12.0 Å². The van der Waals surface area contributed by atoms with Crippen molar-refractivity contribution < 1.29 is 18.7 Å². The van der Waals surface area contributed by atoms with Crippen molar-refractivity contribution in [2.75, 3.05) is 7.11 Å². The Hall–Kier alpha value is -2.11. The average Bonchev–Trinajstić information content (AvgIpc) is 2.35. The quantitative estimate of drug-likeness (QED) is 0.793. The second-order valence-electron chi connectivity index (χ2n) is 4.06. The van der Waals surface area contributed by atoms with E-state index in [0.29, 0.717) is 0 Å². The van der Waals surface area contributed by atoms with Gasteiger partial charge in [-0.3, -0.25) is 4.79 Å². The van der Waals surface area contributed by atoms with Crippen molar-refractivity contribution in [3.8, 4) is 0 Å². The van der Waals surface area contributed by atoms with Gasteiger partial charge >= 0.3 is 11.6 Å². The highest BCUT2D eigenvalue weighted by atomic mass is 16.5. The summed E-state index contributed by atoms with van der Waals surface area (Å²) in [7, 11) is 1.26. The van der Waals surface area contributed by atoms with E-state index in [1.165, 1.54) is 13.2 Å². The van der Waals surface area contributed by atoms with Crippen molar-refractivity contribution in [3.63, 3.8) is 0 Å². The van der Waals surface area contributed by atoms with Gasteiger partial charge in [0.2, 0.25) is 0 Å². The summed E-state index contributed by atoms with van der Waals surface area (Å²) in [5.41, 5.74) is -0.371. The first-order chi connectivity index (χ1) is 8.45. The molecule has 0 saturated carbocycles. The summed E-state index contributed by atoms with van der Waals surface area (Å²) in [5.74, 6) is -1.13. The maximum absolute atomic E-state index is 11.8. The van der Waals surface area contributed by atoms with Crippen molar-refractivity contribution in [1.29, 1.82) is 0 Å². The van der Waals surface area contributed by atoms with Crippen LogP contribution >= 0.6 is 0 Å². The number of amides is 1. The fourth-order valence-corrected chi connectivity index (χ4v) is 1.34. The van der Waals surface area contributed by atoms with Crippen molar-refractivity contribution >= 4 is 11.9 Å². The fourth-order valence-electron chi connectivity index (χ4n) is 1.34. The normalized spacial score (nSPS) is 12.0. The molecule has 0 bridgehead atoms. The van der Waals surface area contributed by atoms with E-state index in [-0.39, 0.29) is 11.5 Å². The number of carbonyl (C=O) groups excluding carboxylic acids is 2. The summed E-state index contributed by atoms with van der Waals surface area (Å²) in [5, 5.41) is 2.53. The topological polar surface area (TPSA) is 85.6 Å². The number of nitrogens with one attached hydrogen (secondary N) is 1. The summed E-state index contributed by atoms with van der Waals surface area (Å²) in [6.07, 6.45) is 1.05. The molecule has 0 aliphatic rings. The smallest absolute Gasteiger partial charge is 0.335 e. The van der Waals surface area contributed by atoms with Crippen LogP contribution in [0.4, 0.5) is 0 Å². The van der Waals surface area contributed by atoms with E-state index in [1.54, 1.807) is 13.8 Å². The summed E-state index contributed by atoms with van der Waals surface area (Å²) in [6, 6.07) is 1.72. The highest BCUT2D eigenvalue weighted by molar-refractivity contribution is 5.96. The standard InChI is InChI=1S/C12H15NO5/c1-7(2)10(12(16)17-3)13-11(15)8-4-5-9(14)18-6-8/h4-7,10H,1-3H3,(H,13,15). The zero-order valence-electron chi connectivity index (χ0n) is 10.4. The van der Waals surface area contributed by atoms with E-state index >= 15 is 0 Å². The zero-order valence-corrected chi connectivity index (χ0v) is 10.4. The molecule has 0 fully saturated rings. The number of esters is 1. The highest BCUT2D eigenvalue weighted by Crippen LogP contribution is 2.05. The maximum Gasteiger partial charge on any atom is 0.335 e. The summed E-state index contributed by atoms with van der Waals surface area (Å²) in [6.45, 7) is 3.57. The van der Waals surface area contributed by atoms with Gasteiger partial charge in [-0.15, -0.1) is 0 Å². The molecule has 1 aromatic rings. The molecule has 0 aliphatic heterocycles. The molecule has 0 spiro atoms. The molecule has 6 heteroatoms. The first-order valence-corrected chi connectivity index (χ1v) is 5.43. The van der Waals surface area contributed by atoms with E-state index in [2.05, 4.69) is 14.5 Å². The van der Waals surface area contributed by atoms with Crippen molar-refractivity contribution in [3.05, 3.63) is 34.4 Å². The average molecular weight is 253 g/mol. The number of hydrogen-bond acceptors (Lipinski definition) is 5. The van der Waals surface area contributed by atoms with E-state index in [9.17, 15) is 14.4 Å². The van der Waals surface area contributed by atoms with E-state index < -0.39 is 23.5 Å². The van der Waals surface area contributed by atoms with Crippen LogP contribution in [0.5, 0.6) is 0 Å². The van der Waals surface area contributed by atoms with Gasteiger partial charge in [-0.1, -0.05) is 13.8 Å². The number of ether oxygens (including phenoxy) is 1. The van der Waals surface area contributed by atoms with Crippen LogP contribution in [0, 0.1) is 5.92 Å². The van der Waals surface area contributed by atoms with Gasteiger partial charge in [-0.2, -0.15) is 0 Å². The van der Waals surface area contributed by atoms with Gasteiger partial charge in [0.1, 0.15) is 12.3 Å². The summed E-state index contributed by atoms with van der Waals surface area (Å²) >= 11 is 0. The Balaban J connectivity index is 2.81. The molecule has 0 radical (unpaired) electrons. The minimum Gasteiger partial charge on any atom is -0.467 e. The molecule has 98 valence electrons. The lowest BCUT2D eigenvalue weighted by Gasteiger charge is -2.19. The van der Waals surface area contributed by atoms with E-state index in [1.807, 2.05) is 0 Å². The molecule has 0 saturated heterocycles. The second kappa shape index (κ2) is 6.00. The molecule has 6 nitrogen and oxygen atoms in total. The molecule has 1 unspecified atom stereocenters. The molecule has 1 heterocycles. The van der Waals surface area contributed by atoms with Crippen LogP contribution in [-0.4, -0.2) is 25.0 Å². The predicted octanol–water partition coefficient (Wildman–Crippen LogP) is 0.567. The van der Waals surface area contributed by atoms with E-state index in [4.69, 9.17) is 0 Å². The molecule has 1 aromatic heterocycles. The SMILES string of the molecule is COC(=O)C(NC(=O)c1ccc(=O)oc1)C(C)C. The van der Waals surface area contributed by atoms with Crippen LogP contribution < -0.4 is 10.9 Å². The monoisotopic (exact) mass is 253 g/mol. The molecule has 1 rings (SSSR count). The maximum atomic E-state index is 11.8. The second-order valence-corrected chi connectivity index (χ2v) is 4.06. The molecule has 1 amide bonds. The van der Waals surface area contributed by atoms with Crippen LogP contribution in [0.25, 0.3) is 0 Å². The van der Waals surface area contributed by atoms with Gasteiger partial charge in [-0.25, -0.2) is 9.59 Å². The van der Waals surface area contributed by atoms with Crippen molar-refractivity contribution in [2.45, 2.75) is 19.9 Å². The van der Waals surface area contributed by atoms with Gasteiger partial charge in [0.05, 0.1) is 12.7 Å². The lowest BCUT2D eigenvalue weighted by molar-refractivity contribution is -0.144. The Morgan fingerprint density at radius 1 is 1.33 bits per heavy atom. The van der Waals surface area contributed by atoms with E-state index in [0.717, 1.165) is 12.3 Å². The molecular weight excluding hydrogens is 238 g/mol. The van der Waals surface area contributed by atoms with Crippen LogP contribution in [0.3, 0.4) is 0 Å². The van der Waals surface area contributed by atoms with Gasteiger partial charge in [0, 0.05) is 6.07 Å². The van der Waals surface area contributed by atoms with Gasteiger partial charge in [0.15, 0.2) is 0 Å². The molecular formula is C12H15NO5. The Bertz CT molecular complexity index is 471. The lowest BCUT2D eigenvalue weighted by Crippen LogP contribution is -2.45. The minimum absolute atomic E-state index is 0.114. The molecule has 0 aromatic carbocycles. The van der Waals surface area contributed by atoms with Crippen LogP contribution in [0.2, 0.25) is 0 Å².